The Balaban J connectivity index is 1.24. The molecular weight excluding hydrogens is 314 g/mol. The normalized spacial score (nSPS) is 23.3. The first-order valence-electron chi connectivity index (χ1n) is 9.20. The Hall–Kier alpha value is -1.69. The summed E-state index contributed by atoms with van der Waals surface area (Å²) in [5.41, 5.74) is 2.55. The second-order valence-electron chi connectivity index (χ2n) is 7.42. The Kier molecular flexibility index (Phi) is 4.88. The van der Waals surface area contributed by atoms with Crippen LogP contribution in [0.4, 0.5) is 0 Å². The lowest BCUT2D eigenvalue weighted by molar-refractivity contribution is -0.0468. The molecule has 5 nitrogen and oxygen atoms in total. The summed E-state index contributed by atoms with van der Waals surface area (Å²) in [5.74, 6) is 0. The standard InChI is InChI=1S/C20H27N3O2/c1-22-13-18(12-21-22)14-23-9-7-20(8-10-23)11-19(16-25-20)24-15-17-5-3-2-4-6-17/h2-6,12-13,19H,7-11,14-16H2,1H3/t19-/m1/s1. The van der Waals surface area contributed by atoms with Crippen LogP contribution < -0.4 is 0 Å². The topological polar surface area (TPSA) is 39.5 Å². The summed E-state index contributed by atoms with van der Waals surface area (Å²) in [6.07, 6.45) is 7.51. The summed E-state index contributed by atoms with van der Waals surface area (Å²) < 4.78 is 14.2. The zero-order valence-electron chi connectivity index (χ0n) is 14.9. The largest absolute Gasteiger partial charge is 0.372 e. The van der Waals surface area contributed by atoms with Gasteiger partial charge in [0.15, 0.2) is 0 Å². The Morgan fingerprint density at radius 3 is 2.72 bits per heavy atom. The van der Waals surface area contributed by atoms with Crippen LogP contribution in [0.2, 0.25) is 0 Å². The van der Waals surface area contributed by atoms with E-state index in [2.05, 4.69) is 40.5 Å². The van der Waals surface area contributed by atoms with Gasteiger partial charge in [0.1, 0.15) is 0 Å². The average Bonchev–Trinajstić information content (AvgIpc) is 3.23. The smallest absolute Gasteiger partial charge is 0.0840 e. The highest BCUT2D eigenvalue weighted by Gasteiger charge is 2.43. The molecule has 0 aliphatic carbocycles. The van der Waals surface area contributed by atoms with Gasteiger partial charge in [-0.1, -0.05) is 30.3 Å². The van der Waals surface area contributed by atoms with Crippen molar-refractivity contribution in [2.45, 2.75) is 44.1 Å². The van der Waals surface area contributed by atoms with E-state index in [9.17, 15) is 0 Å². The third kappa shape index (κ3) is 4.11. The lowest BCUT2D eigenvalue weighted by Crippen LogP contribution is -2.43. The van der Waals surface area contributed by atoms with Crippen LogP contribution in [-0.4, -0.2) is 46.1 Å². The molecule has 1 aromatic carbocycles. The molecule has 2 saturated heterocycles. The second-order valence-corrected chi connectivity index (χ2v) is 7.42. The van der Waals surface area contributed by atoms with Crippen molar-refractivity contribution >= 4 is 0 Å². The number of hydrogen-bond donors (Lipinski definition) is 0. The van der Waals surface area contributed by atoms with Crippen molar-refractivity contribution in [1.29, 1.82) is 0 Å². The van der Waals surface area contributed by atoms with Gasteiger partial charge in [0, 0.05) is 44.9 Å². The number of nitrogens with zero attached hydrogens (tertiary/aromatic N) is 3. The van der Waals surface area contributed by atoms with Crippen LogP contribution >= 0.6 is 0 Å². The van der Waals surface area contributed by atoms with Gasteiger partial charge in [-0.3, -0.25) is 9.58 Å². The first kappa shape index (κ1) is 16.8. The third-order valence-electron chi connectivity index (χ3n) is 5.44. The maximum atomic E-state index is 6.22. The van der Waals surface area contributed by atoms with Gasteiger partial charge in [0.2, 0.25) is 0 Å². The molecule has 0 radical (unpaired) electrons. The number of piperidine rings is 1. The summed E-state index contributed by atoms with van der Waals surface area (Å²) in [6, 6.07) is 10.4. The zero-order chi connectivity index (χ0) is 17.1. The van der Waals surface area contributed by atoms with Crippen molar-refractivity contribution in [2.24, 2.45) is 7.05 Å². The number of aryl methyl sites for hydroxylation is 1. The zero-order valence-corrected chi connectivity index (χ0v) is 14.9. The highest BCUT2D eigenvalue weighted by molar-refractivity contribution is 5.13. The highest BCUT2D eigenvalue weighted by Crippen LogP contribution is 2.37. The number of benzene rings is 1. The van der Waals surface area contributed by atoms with E-state index in [0.29, 0.717) is 6.61 Å². The molecule has 1 aromatic heterocycles. The maximum absolute atomic E-state index is 6.22. The molecular formula is C20H27N3O2. The number of ether oxygens (including phenoxy) is 2. The Morgan fingerprint density at radius 1 is 1.20 bits per heavy atom. The molecule has 1 spiro atoms. The molecule has 0 saturated carbocycles. The molecule has 0 bridgehead atoms. The Bertz CT molecular complexity index is 677. The van der Waals surface area contributed by atoms with Crippen molar-refractivity contribution in [3.63, 3.8) is 0 Å². The molecule has 2 aliphatic heterocycles. The van der Waals surface area contributed by atoms with Gasteiger partial charge in [-0.15, -0.1) is 0 Å². The van der Waals surface area contributed by atoms with Crippen LogP contribution in [0.3, 0.4) is 0 Å². The molecule has 134 valence electrons. The third-order valence-corrected chi connectivity index (χ3v) is 5.44. The van der Waals surface area contributed by atoms with Gasteiger partial charge in [0.25, 0.3) is 0 Å². The van der Waals surface area contributed by atoms with E-state index >= 15 is 0 Å². The summed E-state index contributed by atoms with van der Waals surface area (Å²) in [7, 11) is 1.97. The fraction of sp³-hybridized carbons (Fsp3) is 0.550. The average molecular weight is 341 g/mol. The molecule has 1 atom stereocenters. The van der Waals surface area contributed by atoms with Crippen molar-refractivity contribution in [3.8, 4) is 0 Å². The van der Waals surface area contributed by atoms with E-state index in [1.165, 1.54) is 11.1 Å². The SMILES string of the molecule is Cn1cc(CN2CCC3(CC2)C[C@@H](OCc2ccccc2)CO3)cn1. The number of rotatable bonds is 5. The predicted octanol–water partition coefficient (Wildman–Crippen LogP) is 2.76. The molecule has 5 heteroatoms. The van der Waals surface area contributed by atoms with E-state index in [0.717, 1.165) is 45.5 Å². The van der Waals surface area contributed by atoms with Crippen LogP contribution in [-0.2, 0) is 29.7 Å². The molecule has 0 amide bonds. The highest BCUT2D eigenvalue weighted by atomic mass is 16.6. The molecule has 2 aromatic rings. The fourth-order valence-electron chi connectivity index (χ4n) is 3.98. The summed E-state index contributed by atoms with van der Waals surface area (Å²) in [5, 5.41) is 4.26. The van der Waals surface area contributed by atoms with E-state index < -0.39 is 0 Å². The lowest BCUT2D eigenvalue weighted by atomic mass is 9.88. The van der Waals surface area contributed by atoms with Crippen LogP contribution in [0, 0.1) is 0 Å². The molecule has 2 fully saturated rings. The number of aromatic nitrogens is 2. The lowest BCUT2D eigenvalue weighted by Gasteiger charge is -2.38. The molecule has 0 N–H and O–H groups in total. The Labute approximate surface area is 149 Å². The van der Waals surface area contributed by atoms with Crippen LogP contribution in [0.15, 0.2) is 42.7 Å². The maximum Gasteiger partial charge on any atom is 0.0840 e. The second kappa shape index (κ2) is 7.28. The monoisotopic (exact) mass is 341 g/mol. The van der Waals surface area contributed by atoms with Crippen molar-refractivity contribution in [3.05, 3.63) is 53.9 Å². The van der Waals surface area contributed by atoms with Gasteiger partial charge in [0.05, 0.1) is 31.1 Å². The summed E-state index contributed by atoms with van der Waals surface area (Å²) in [4.78, 5) is 2.50. The molecule has 0 unspecified atom stereocenters. The Morgan fingerprint density at radius 2 is 2.00 bits per heavy atom. The summed E-state index contributed by atoms with van der Waals surface area (Å²) in [6.45, 7) is 4.56. The molecule has 25 heavy (non-hydrogen) atoms. The number of likely N-dealkylation sites (tertiary alicyclic amines) is 1. The first-order chi connectivity index (χ1) is 12.2. The van der Waals surface area contributed by atoms with E-state index in [-0.39, 0.29) is 11.7 Å². The van der Waals surface area contributed by atoms with Gasteiger partial charge in [-0.2, -0.15) is 5.10 Å². The van der Waals surface area contributed by atoms with E-state index in [1.807, 2.05) is 24.0 Å². The number of hydrogen-bond acceptors (Lipinski definition) is 4. The van der Waals surface area contributed by atoms with Crippen molar-refractivity contribution in [1.82, 2.24) is 14.7 Å². The van der Waals surface area contributed by atoms with Crippen LogP contribution in [0.5, 0.6) is 0 Å². The molecule has 4 rings (SSSR count). The quantitative estimate of drug-likeness (QED) is 0.838. The minimum absolute atomic E-state index is 0.0345. The molecule has 2 aliphatic rings. The van der Waals surface area contributed by atoms with Crippen molar-refractivity contribution in [2.75, 3.05) is 19.7 Å². The van der Waals surface area contributed by atoms with Crippen molar-refractivity contribution < 1.29 is 9.47 Å². The van der Waals surface area contributed by atoms with Gasteiger partial charge in [-0.05, 0) is 18.4 Å². The van der Waals surface area contributed by atoms with Gasteiger partial charge >= 0.3 is 0 Å². The first-order valence-corrected chi connectivity index (χ1v) is 9.20. The van der Waals surface area contributed by atoms with Crippen LogP contribution in [0.1, 0.15) is 30.4 Å². The molecule has 3 heterocycles. The minimum Gasteiger partial charge on any atom is -0.372 e. The van der Waals surface area contributed by atoms with E-state index in [4.69, 9.17) is 9.47 Å². The fourth-order valence-corrected chi connectivity index (χ4v) is 3.98. The van der Waals surface area contributed by atoms with E-state index in [1.54, 1.807) is 0 Å². The van der Waals surface area contributed by atoms with Gasteiger partial charge < -0.3 is 9.47 Å². The van der Waals surface area contributed by atoms with Crippen LogP contribution in [0.25, 0.3) is 0 Å². The van der Waals surface area contributed by atoms with Gasteiger partial charge in [-0.25, -0.2) is 0 Å². The summed E-state index contributed by atoms with van der Waals surface area (Å²) >= 11 is 0. The predicted molar refractivity (Wildman–Crippen MR) is 96.0 cm³/mol. The minimum atomic E-state index is 0.0345.